The van der Waals surface area contributed by atoms with Crippen molar-refractivity contribution in [3.63, 3.8) is 0 Å². The molecule has 0 aliphatic rings. The summed E-state index contributed by atoms with van der Waals surface area (Å²) in [6.07, 6.45) is 0. The molecule has 1 N–H and O–H groups in total. The van der Waals surface area contributed by atoms with Gasteiger partial charge in [0.15, 0.2) is 0 Å². The van der Waals surface area contributed by atoms with Crippen molar-refractivity contribution in [3.05, 3.63) is 64.9 Å². The Kier molecular flexibility index (Phi) is 3.71. The highest BCUT2D eigenvalue weighted by Gasteiger charge is 2.02. The van der Waals surface area contributed by atoms with Gasteiger partial charge < -0.3 is 5.32 Å². The molecule has 0 saturated heterocycles. The Morgan fingerprint density at radius 2 is 1.82 bits per heavy atom. The lowest BCUT2D eigenvalue weighted by atomic mass is 10.2. The summed E-state index contributed by atoms with van der Waals surface area (Å²) in [4.78, 5) is 0.555. The van der Waals surface area contributed by atoms with Crippen molar-refractivity contribution >= 4 is 34.5 Å². The van der Waals surface area contributed by atoms with Gasteiger partial charge in [0.2, 0.25) is 0 Å². The Hall–Kier alpha value is -1.45. The molecule has 0 unspecified atom stereocenters. The van der Waals surface area contributed by atoms with Crippen molar-refractivity contribution < 1.29 is 4.39 Å². The van der Waals surface area contributed by atoms with Gasteiger partial charge in [0, 0.05) is 16.3 Å². The molecule has 0 amide bonds. The average molecular weight is 266 g/mol. The largest absolute Gasteiger partial charge is 0.346 e. The Bertz CT molecular complexity index is 539. The van der Waals surface area contributed by atoms with Crippen LogP contribution < -0.4 is 5.32 Å². The van der Waals surface area contributed by atoms with Crippen LogP contribution in [0, 0.1) is 5.82 Å². The van der Waals surface area contributed by atoms with Crippen molar-refractivity contribution in [1.29, 1.82) is 0 Å². The third-order valence-electron chi connectivity index (χ3n) is 2.19. The molecule has 0 aliphatic carbocycles. The number of benzene rings is 2. The fourth-order valence-electron chi connectivity index (χ4n) is 1.37. The van der Waals surface area contributed by atoms with E-state index in [1.807, 2.05) is 12.1 Å². The van der Waals surface area contributed by atoms with E-state index in [1.54, 1.807) is 24.3 Å². The normalized spacial score (nSPS) is 10.0. The molecule has 86 valence electrons. The topological polar surface area (TPSA) is 12.0 Å². The zero-order chi connectivity index (χ0) is 12.3. The van der Waals surface area contributed by atoms with Crippen molar-refractivity contribution in [3.8, 4) is 0 Å². The second-order valence-electron chi connectivity index (χ2n) is 3.47. The molecule has 0 bridgehead atoms. The van der Waals surface area contributed by atoms with E-state index in [-0.39, 0.29) is 5.82 Å². The van der Waals surface area contributed by atoms with Gasteiger partial charge in [0.25, 0.3) is 0 Å². The monoisotopic (exact) mass is 265 g/mol. The first-order valence-corrected chi connectivity index (χ1v) is 5.76. The third kappa shape index (κ3) is 3.25. The van der Waals surface area contributed by atoms with Crippen LogP contribution in [0.1, 0.15) is 5.56 Å². The van der Waals surface area contributed by atoms with Crippen LogP contribution in [0.5, 0.6) is 0 Å². The minimum Gasteiger partial charge on any atom is -0.346 e. The van der Waals surface area contributed by atoms with Crippen LogP contribution in [0.2, 0.25) is 5.02 Å². The quantitative estimate of drug-likeness (QED) is 0.814. The molecular formula is C13H9ClFNS. The van der Waals surface area contributed by atoms with Crippen LogP contribution in [0.15, 0.2) is 48.5 Å². The molecule has 0 atom stereocenters. The maximum absolute atomic E-state index is 12.7. The van der Waals surface area contributed by atoms with Crippen LogP contribution in [-0.4, -0.2) is 4.99 Å². The van der Waals surface area contributed by atoms with Crippen molar-refractivity contribution in [2.45, 2.75) is 0 Å². The van der Waals surface area contributed by atoms with Crippen LogP contribution in [0.4, 0.5) is 10.1 Å². The molecule has 17 heavy (non-hydrogen) atoms. The zero-order valence-electron chi connectivity index (χ0n) is 8.78. The smallest absolute Gasteiger partial charge is 0.123 e. The average Bonchev–Trinajstić information content (AvgIpc) is 2.32. The van der Waals surface area contributed by atoms with Gasteiger partial charge in [-0.1, -0.05) is 36.0 Å². The third-order valence-corrected chi connectivity index (χ3v) is 2.76. The fraction of sp³-hybridized carbons (Fsp3) is 0. The van der Waals surface area contributed by atoms with E-state index in [1.165, 1.54) is 12.1 Å². The first kappa shape index (κ1) is 12.0. The van der Waals surface area contributed by atoms with Gasteiger partial charge in [-0.25, -0.2) is 4.39 Å². The number of rotatable bonds is 2. The summed E-state index contributed by atoms with van der Waals surface area (Å²) in [7, 11) is 0. The highest BCUT2D eigenvalue weighted by Crippen LogP contribution is 2.14. The highest BCUT2D eigenvalue weighted by atomic mass is 35.5. The minimum atomic E-state index is -0.274. The lowest BCUT2D eigenvalue weighted by Crippen LogP contribution is -2.10. The number of nitrogens with one attached hydrogen (secondary N) is 1. The van der Waals surface area contributed by atoms with Gasteiger partial charge in [-0.15, -0.1) is 0 Å². The molecule has 0 radical (unpaired) electrons. The summed E-state index contributed by atoms with van der Waals surface area (Å²) in [5.41, 5.74) is 1.58. The number of halogens is 2. The van der Waals surface area contributed by atoms with E-state index in [9.17, 15) is 4.39 Å². The molecule has 2 rings (SSSR count). The Morgan fingerprint density at radius 1 is 1.12 bits per heavy atom. The molecule has 0 aromatic heterocycles. The van der Waals surface area contributed by atoms with Crippen molar-refractivity contribution in [2.24, 2.45) is 0 Å². The van der Waals surface area contributed by atoms with E-state index in [2.05, 4.69) is 5.32 Å². The van der Waals surface area contributed by atoms with Crippen LogP contribution >= 0.6 is 23.8 Å². The van der Waals surface area contributed by atoms with E-state index < -0.39 is 0 Å². The van der Waals surface area contributed by atoms with Gasteiger partial charge in [0.05, 0.1) is 0 Å². The summed E-state index contributed by atoms with van der Waals surface area (Å²) in [5, 5.41) is 3.65. The number of hydrogen-bond acceptors (Lipinski definition) is 1. The lowest BCUT2D eigenvalue weighted by Gasteiger charge is -2.08. The first-order valence-electron chi connectivity index (χ1n) is 4.97. The van der Waals surface area contributed by atoms with Crippen molar-refractivity contribution in [2.75, 3.05) is 5.32 Å². The molecule has 4 heteroatoms. The van der Waals surface area contributed by atoms with E-state index in [0.29, 0.717) is 10.0 Å². The SMILES string of the molecule is Fc1ccc(NC(=S)c2cccc(Cl)c2)cc1. The molecule has 1 nitrogen and oxygen atoms in total. The number of thiocarbonyl (C=S) groups is 1. The maximum Gasteiger partial charge on any atom is 0.123 e. The summed E-state index contributed by atoms with van der Waals surface area (Å²) >= 11 is 11.1. The van der Waals surface area contributed by atoms with Gasteiger partial charge in [-0.3, -0.25) is 0 Å². The van der Waals surface area contributed by atoms with Crippen LogP contribution in [0.25, 0.3) is 0 Å². The summed E-state index contributed by atoms with van der Waals surface area (Å²) in [6, 6.07) is 13.3. The fourth-order valence-corrected chi connectivity index (χ4v) is 1.80. The number of hydrogen-bond donors (Lipinski definition) is 1. The van der Waals surface area contributed by atoms with Crippen molar-refractivity contribution in [1.82, 2.24) is 0 Å². The van der Waals surface area contributed by atoms with E-state index >= 15 is 0 Å². The molecule has 0 fully saturated rings. The molecular weight excluding hydrogens is 257 g/mol. The van der Waals surface area contributed by atoms with Crippen LogP contribution in [-0.2, 0) is 0 Å². The second kappa shape index (κ2) is 5.25. The molecule has 0 saturated carbocycles. The predicted molar refractivity (Wildman–Crippen MR) is 73.2 cm³/mol. The molecule has 0 aliphatic heterocycles. The Morgan fingerprint density at radius 3 is 2.47 bits per heavy atom. The van der Waals surface area contributed by atoms with E-state index in [0.717, 1.165) is 11.3 Å². The van der Waals surface area contributed by atoms with E-state index in [4.69, 9.17) is 23.8 Å². The molecule has 0 heterocycles. The highest BCUT2D eigenvalue weighted by molar-refractivity contribution is 7.81. The second-order valence-corrected chi connectivity index (χ2v) is 4.32. The summed E-state index contributed by atoms with van der Waals surface area (Å²) < 4.78 is 12.7. The van der Waals surface area contributed by atoms with Gasteiger partial charge in [-0.2, -0.15) is 0 Å². The minimum absolute atomic E-state index is 0.274. The first-order chi connectivity index (χ1) is 8.15. The zero-order valence-corrected chi connectivity index (χ0v) is 10.4. The predicted octanol–water partition coefficient (Wildman–Crippen LogP) is 4.27. The Labute approximate surface area is 109 Å². The molecule has 2 aromatic rings. The van der Waals surface area contributed by atoms with Gasteiger partial charge >= 0.3 is 0 Å². The number of anilines is 1. The maximum atomic E-state index is 12.7. The lowest BCUT2D eigenvalue weighted by molar-refractivity contribution is 0.628. The molecule has 2 aromatic carbocycles. The standard InChI is InChI=1S/C13H9ClFNS/c14-10-3-1-2-9(8-10)13(17)16-12-6-4-11(15)5-7-12/h1-8H,(H,16,17). The van der Waals surface area contributed by atoms with Gasteiger partial charge in [0.1, 0.15) is 10.8 Å². The van der Waals surface area contributed by atoms with Gasteiger partial charge in [-0.05, 0) is 36.4 Å². The Balaban J connectivity index is 2.14. The molecule has 0 spiro atoms. The summed E-state index contributed by atoms with van der Waals surface area (Å²) in [5.74, 6) is -0.274. The summed E-state index contributed by atoms with van der Waals surface area (Å²) in [6.45, 7) is 0. The van der Waals surface area contributed by atoms with Crippen LogP contribution in [0.3, 0.4) is 0 Å².